The molecular formula is C46H38Cl2N4O8S4. The maximum Gasteiger partial charge on any atom is 0.241 e. The van der Waals surface area contributed by atoms with E-state index in [9.17, 15) is 16.8 Å². The fourth-order valence-corrected chi connectivity index (χ4v) is 12.5. The molecule has 6 heterocycles. The molecule has 0 saturated carbocycles. The summed E-state index contributed by atoms with van der Waals surface area (Å²) >= 11 is 15.4. The molecule has 12 nitrogen and oxygen atoms in total. The highest BCUT2D eigenvalue weighted by Gasteiger charge is 2.28. The number of benzene rings is 4. The Morgan fingerprint density at radius 2 is 0.891 bits per heavy atom. The maximum absolute atomic E-state index is 13.4. The summed E-state index contributed by atoms with van der Waals surface area (Å²) in [5.41, 5.74) is 1.64. The molecule has 0 saturated heterocycles. The molecule has 2 aliphatic heterocycles. The maximum atomic E-state index is 13.4. The summed E-state index contributed by atoms with van der Waals surface area (Å²) in [4.78, 5) is 10.1. The number of aromatic nitrogens is 2. The molecule has 2 aliphatic rings. The van der Waals surface area contributed by atoms with Gasteiger partial charge in [-0.2, -0.15) is 9.44 Å². The third-order valence-corrected chi connectivity index (χ3v) is 16.3. The number of thiophene rings is 2. The average molecular weight is 974 g/mol. The van der Waals surface area contributed by atoms with Gasteiger partial charge in [-0.15, -0.1) is 22.7 Å². The molecule has 2 unspecified atom stereocenters. The second-order valence-corrected chi connectivity index (χ2v) is 20.9. The fourth-order valence-electron chi connectivity index (χ4n) is 7.13. The number of sulfonamides is 2. The van der Waals surface area contributed by atoms with Crippen LogP contribution in [-0.4, -0.2) is 53.2 Å². The Kier molecular flexibility index (Phi) is 13.1. The quantitative estimate of drug-likeness (QED) is 0.127. The van der Waals surface area contributed by atoms with Crippen molar-refractivity contribution in [3.05, 3.63) is 165 Å². The summed E-state index contributed by atoms with van der Waals surface area (Å²) in [5, 5.41) is 2.63. The lowest BCUT2D eigenvalue weighted by atomic mass is 10.1. The third-order valence-electron chi connectivity index (χ3n) is 10.3. The van der Waals surface area contributed by atoms with E-state index in [4.69, 9.17) is 42.1 Å². The van der Waals surface area contributed by atoms with Crippen LogP contribution in [0.25, 0.3) is 20.2 Å². The summed E-state index contributed by atoms with van der Waals surface area (Å²) in [6.07, 6.45) is 4.77. The van der Waals surface area contributed by atoms with Crippen LogP contribution in [0.5, 0.6) is 23.0 Å². The molecule has 4 aromatic carbocycles. The summed E-state index contributed by atoms with van der Waals surface area (Å²) in [6, 6.07) is 34.7. The van der Waals surface area contributed by atoms with E-state index in [0.29, 0.717) is 59.7 Å². The number of pyridine rings is 2. The van der Waals surface area contributed by atoms with Crippen molar-refractivity contribution in [2.24, 2.45) is 0 Å². The second kappa shape index (κ2) is 19.0. The molecular weight excluding hydrogens is 936 g/mol. The number of ether oxygens (including phenoxy) is 4. The van der Waals surface area contributed by atoms with Gasteiger partial charge in [-0.25, -0.2) is 26.8 Å². The molecule has 0 radical (unpaired) electrons. The van der Waals surface area contributed by atoms with E-state index in [1.165, 1.54) is 46.9 Å². The minimum atomic E-state index is -3.88. The van der Waals surface area contributed by atoms with Crippen molar-refractivity contribution in [2.75, 3.05) is 26.4 Å². The van der Waals surface area contributed by atoms with Crippen LogP contribution in [0.1, 0.15) is 45.8 Å². The number of halogens is 2. The van der Waals surface area contributed by atoms with Crippen LogP contribution in [0.4, 0.5) is 0 Å². The lowest BCUT2D eigenvalue weighted by Crippen LogP contribution is -2.29. The summed E-state index contributed by atoms with van der Waals surface area (Å²) in [6.45, 7) is 2.04. The van der Waals surface area contributed by atoms with E-state index in [0.717, 1.165) is 53.9 Å². The molecule has 4 aromatic heterocycles. The molecule has 328 valence electrons. The molecule has 18 heteroatoms. The number of nitrogens with one attached hydrogen (secondary N) is 2. The predicted molar refractivity (Wildman–Crippen MR) is 251 cm³/mol. The van der Waals surface area contributed by atoms with Crippen LogP contribution in [0.3, 0.4) is 0 Å². The highest BCUT2D eigenvalue weighted by Crippen LogP contribution is 2.40. The first-order valence-electron chi connectivity index (χ1n) is 20.0. The number of rotatable bonds is 10. The normalized spacial score (nSPS) is 14.8. The molecule has 2 atom stereocenters. The van der Waals surface area contributed by atoms with Crippen LogP contribution in [0.15, 0.2) is 144 Å². The van der Waals surface area contributed by atoms with Gasteiger partial charge in [0.1, 0.15) is 10.3 Å². The minimum Gasteiger partial charge on any atom is -0.490 e. The average Bonchev–Trinajstić information content (AvgIpc) is 3.78. The van der Waals surface area contributed by atoms with Crippen molar-refractivity contribution in [3.63, 3.8) is 0 Å². The molecule has 0 amide bonds. The number of nitrogens with zero attached hydrogens (tertiary/aromatic N) is 2. The van der Waals surface area contributed by atoms with Crippen molar-refractivity contribution in [1.29, 1.82) is 0 Å². The lowest BCUT2D eigenvalue weighted by molar-refractivity contribution is 0.296. The monoisotopic (exact) mass is 972 g/mol. The van der Waals surface area contributed by atoms with Crippen LogP contribution in [0, 0.1) is 0 Å². The van der Waals surface area contributed by atoms with Gasteiger partial charge in [0.05, 0.1) is 57.7 Å². The predicted octanol–water partition coefficient (Wildman–Crippen LogP) is 10.4. The Balaban J connectivity index is 0.000000162. The lowest BCUT2D eigenvalue weighted by Gasteiger charge is -2.19. The van der Waals surface area contributed by atoms with Gasteiger partial charge in [-0.3, -0.25) is 0 Å². The van der Waals surface area contributed by atoms with E-state index in [1.807, 2.05) is 84.9 Å². The first-order chi connectivity index (χ1) is 31.0. The Bertz CT molecular complexity index is 2960. The van der Waals surface area contributed by atoms with Crippen LogP contribution >= 0.6 is 45.9 Å². The van der Waals surface area contributed by atoms with Crippen molar-refractivity contribution >= 4 is 86.1 Å². The number of fused-ring (bicyclic) bond motifs is 4. The number of hydrogen-bond acceptors (Lipinski definition) is 12. The number of hydrogen-bond donors (Lipinski definition) is 2. The van der Waals surface area contributed by atoms with Gasteiger partial charge < -0.3 is 18.9 Å². The van der Waals surface area contributed by atoms with E-state index >= 15 is 0 Å². The van der Waals surface area contributed by atoms with E-state index in [-0.39, 0.29) is 9.79 Å². The van der Waals surface area contributed by atoms with Crippen LogP contribution < -0.4 is 28.4 Å². The van der Waals surface area contributed by atoms with Gasteiger partial charge in [0.25, 0.3) is 0 Å². The zero-order valence-electron chi connectivity index (χ0n) is 33.6. The Morgan fingerprint density at radius 1 is 0.500 bits per heavy atom. The molecule has 2 N–H and O–H groups in total. The Labute approximate surface area is 387 Å². The molecule has 0 fully saturated rings. The topological polar surface area (TPSA) is 155 Å². The van der Waals surface area contributed by atoms with Gasteiger partial charge in [0.15, 0.2) is 23.0 Å². The first kappa shape index (κ1) is 43.9. The van der Waals surface area contributed by atoms with Crippen LogP contribution in [0.2, 0.25) is 10.3 Å². The molecule has 8 aromatic rings. The summed E-state index contributed by atoms with van der Waals surface area (Å²) in [5.74, 6) is 1.96. The first-order valence-corrected chi connectivity index (χ1v) is 25.4. The van der Waals surface area contributed by atoms with Gasteiger partial charge in [-0.05, 0) is 70.4 Å². The summed E-state index contributed by atoms with van der Waals surface area (Å²) in [7, 11) is -7.75. The van der Waals surface area contributed by atoms with Gasteiger partial charge in [0, 0.05) is 47.1 Å². The second-order valence-electron chi connectivity index (χ2n) is 14.6. The highest BCUT2D eigenvalue weighted by molar-refractivity contribution is 7.89. The standard InChI is InChI=1S/2C23H19ClN2O4S2/c2*24-23-22-16(9-10-25-23)13-20(31-22)21(15-5-2-1-3-6-15)26-32(27,28)17-7-8-18-19(14-17)30-12-4-11-29-18/h2*1-3,5-10,13-14,21,26H,4,11-12H2. The zero-order valence-corrected chi connectivity index (χ0v) is 38.4. The Morgan fingerprint density at radius 3 is 1.28 bits per heavy atom. The van der Waals surface area contributed by atoms with E-state index in [1.54, 1.807) is 24.5 Å². The molecule has 0 bridgehead atoms. The highest BCUT2D eigenvalue weighted by atomic mass is 35.5. The van der Waals surface area contributed by atoms with Gasteiger partial charge in [-0.1, -0.05) is 83.9 Å². The molecule has 64 heavy (non-hydrogen) atoms. The van der Waals surface area contributed by atoms with E-state index in [2.05, 4.69) is 19.4 Å². The SMILES string of the molecule is O=S(=O)(NC(c1ccccc1)c1cc2ccnc(Cl)c2s1)c1ccc2c(c1)OCCCO2.O=S(=O)(NC(c1ccccc1)c1cc2ccnc(Cl)c2s1)c1ccc2c(c1)OCCCO2. The van der Waals surface area contributed by atoms with Gasteiger partial charge >= 0.3 is 0 Å². The van der Waals surface area contributed by atoms with E-state index < -0.39 is 32.1 Å². The smallest absolute Gasteiger partial charge is 0.241 e. The van der Waals surface area contributed by atoms with Crippen molar-refractivity contribution in [1.82, 2.24) is 19.4 Å². The summed E-state index contributed by atoms with van der Waals surface area (Å²) < 4.78 is 83.6. The largest absolute Gasteiger partial charge is 0.490 e. The van der Waals surface area contributed by atoms with Gasteiger partial charge in [0.2, 0.25) is 20.0 Å². The minimum absolute atomic E-state index is 0.114. The van der Waals surface area contributed by atoms with Crippen molar-refractivity contribution in [2.45, 2.75) is 34.7 Å². The molecule has 0 spiro atoms. The molecule has 10 rings (SSSR count). The van der Waals surface area contributed by atoms with Crippen LogP contribution in [-0.2, 0) is 20.0 Å². The molecule has 0 aliphatic carbocycles. The zero-order chi connectivity index (χ0) is 44.3. The Hall–Kier alpha value is -5.30. The van der Waals surface area contributed by atoms with Crippen molar-refractivity contribution < 1.29 is 35.8 Å². The fraction of sp³-hybridized carbons (Fsp3) is 0.174. The van der Waals surface area contributed by atoms with Crippen molar-refractivity contribution in [3.8, 4) is 23.0 Å². The third kappa shape index (κ3) is 9.70.